The topological polar surface area (TPSA) is 21.3 Å². The highest BCUT2D eigenvalue weighted by Gasteiger charge is 2.06. The van der Waals surface area contributed by atoms with Gasteiger partial charge in [-0.2, -0.15) is 0 Å². The van der Waals surface area contributed by atoms with Crippen molar-refractivity contribution in [3.05, 3.63) is 99.0 Å². The van der Waals surface area contributed by atoms with Crippen LogP contribution in [0.25, 0.3) is 0 Å². The van der Waals surface area contributed by atoms with Crippen LogP contribution in [0.2, 0.25) is 5.02 Å². The first-order valence-electron chi connectivity index (χ1n) is 8.11. The summed E-state index contributed by atoms with van der Waals surface area (Å²) in [6.45, 7) is 1.97. The summed E-state index contributed by atoms with van der Waals surface area (Å²) in [6, 6.07) is 24.1. The Morgan fingerprint density at radius 3 is 2.36 bits per heavy atom. The summed E-state index contributed by atoms with van der Waals surface area (Å²) in [5.41, 5.74) is 3.35. The molecule has 2 nitrogen and oxygen atoms in total. The molecule has 3 aromatic rings. The molecule has 1 N–H and O–H groups in total. The molecule has 0 unspecified atom stereocenters. The van der Waals surface area contributed by atoms with Crippen LogP contribution in [-0.2, 0) is 19.7 Å². The Hall–Kier alpha value is -1.81. The average Bonchev–Trinajstić information content (AvgIpc) is 2.63. The Bertz CT molecular complexity index is 823. The van der Waals surface area contributed by atoms with Gasteiger partial charge in [0.2, 0.25) is 0 Å². The van der Waals surface area contributed by atoms with Gasteiger partial charge in [-0.25, -0.2) is 0 Å². The first kappa shape index (κ1) is 18.0. The predicted octanol–water partition coefficient (Wildman–Crippen LogP) is 5.97. The minimum atomic E-state index is 0.556. The number of halogens is 2. The van der Waals surface area contributed by atoms with Crippen molar-refractivity contribution in [1.29, 1.82) is 0 Å². The summed E-state index contributed by atoms with van der Waals surface area (Å²) in [7, 11) is 0. The molecule has 0 aliphatic carbocycles. The van der Waals surface area contributed by atoms with Crippen LogP contribution >= 0.6 is 27.5 Å². The van der Waals surface area contributed by atoms with Crippen LogP contribution in [0, 0.1) is 0 Å². The maximum absolute atomic E-state index is 6.21. The van der Waals surface area contributed by atoms with E-state index in [2.05, 4.69) is 39.4 Å². The number of rotatable bonds is 7. The highest BCUT2D eigenvalue weighted by atomic mass is 79.9. The summed E-state index contributed by atoms with van der Waals surface area (Å²) in [5, 5.41) is 4.22. The number of nitrogens with one attached hydrogen (secondary N) is 1. The van der Waals surface area contributed by atoms with Crippen molar-refractivity contribution in [3.8, 4) is 5.75 Å². The molecule has 0 aliphatic heterocycles. The third kappa shape index (κ3) is 5.33. The lowest BCUT2D eigenvalue weighted by Crippen LogP contribution is -2.14. The maximum Gasteiger partial charge on any atom is 0.124 e. The van der Waals surface area contributed by atoms with Gasteiger partial charge in [0.25, 0.3) is 0 Å². The minimum Gasteiger partial charge on any atom is -0.489 e. The van der Waals surface area contributed by atoms with E-state index in [1.807, 2.05) is 54.6 Å². The molecule has 0 saturated heterocycles. The third-order valence-corrected chi connectivity index (χ3v) is 4.71. The smallest absolute Gasteiger partial charge is 0.124 e. The second-order valence-corrected chi connectivity index (χ2v) is 7.04. The van der Waals surface area contributed by atoms with Crippen molar-refractivity contribution < 1.29 is 4.74 Å². The molecule has 0 radical (unpaired) electrons. The fourth-order valence-corrected chi connectivity index (χ4v) is 3.15. The fraction of sp³-hybridized carbons (Fsp3) is 0.143. The van der Waals surface area contributed by atoms with Gasteiger partial charge in [-0.3, -0.25) is 0 Å². The summed E-state index contributed by atoms with van der Waals surface area (Å²) >= 11 is 9.74. The molecule has 0 heterocycles. The van der Waals surface area contributed by atoms with Gasteiger partial charge in [0.05, 0.1) is 0 Å². The van der Waals surface area contributed by atoms with Gasteiger partial charge >= 0.3 is 0 Å². The highest BCUT2D eigenvalue weighted by Crippen LogP contribution is 2.24. The van der Waals surface area contributed by atoms with Gasteiger partial charge in [0.15, 0.2) is 0 Å². The second-order valence-electron chi connectivity index (χ2n) is 5.72. The van der Waals surface area contributed by atoms with Gasteiger partial charge < -0.3 is 10.1 Å². The zero-order valence-corrected chi connectivity index (χ0v) is 16.1. The van der Waals surface area contributed by atoms with Crippen LogP contribution in [0.5, 0.6) is 5.75 Å². The van der Waals surface area contributed by atoms with Gasteiger partial charge in [-0.15, -0.1) is 0 Å². The second kappa shape index (κ2) is 9.04. The normalized spacial score (nSPS) is 10.6. The predicted molar refractivity (Wildman–Crippen MR) is 107 cm³/mol. The molecular formula is C21H19BrClNO. The number of benzene rings is 3. The van der Waals surface area contributed by atoms with Crippen LogP contribution in [0.15, 0.2) is 77.3 Å². The standard InChI is InChI=1S/C21H19BrClNO/c22-19-10-11-21(25-15-16-6-2-1-3-7-16)18(12-19)14-24-13-17-8-4-5-9-20(17)23/h1-12,24H,13-15H2. The van der Waals surface area contributed by atoms with Crippen LogP contribution in [0.4, 0.5) is 0 Å². The highest BCUT2D eigenvalue weighted by molar-refractivity contribution is 9.10. The molecule has 0 fully saturated rings. The zero-order valence-electron chi connectivity index (χ0n) is 13.7. The molecule has 3 rings (SSSR count). The van der Waals surface area contributed by atoms with E-state index in [1.165, 1.54) is 0 Å². The third-order valence-electron chi connectivity index (χ3n) is 3.85. The lowest BCUT2D eigenvalue weighted by molar-refractivity contribution is 0.302. The molecule has 0 bridgehead atoms. The zero-order chi connectivity index (χ0) is 17.5. The molecular weight excluding hydrogens is 398 g/mol. The first-order valence-corrected chi connectivity index (χ1v) is 9.29. The average molecular weight is 417 g/mol. The largest absolute Gasteiger partial charge is 0.489 e. The molecule has 0 aliphatic rings. The monoisotopic (exact) mass is 415 g/mol. The summed E-state index contributed by atoms with van der Waals surface area (Å²) in [5.74, 6) is 0.888. The van der Waals surface area contributed by atoms with Crippen LogP contribution in [0.3, 0.4) is 0 Å². The first-order chi connectivity index (χ1) is 12.2. The van der Waals surface area contributed by atoms with E-state index in [9.17, 15) is 0 Å². The Labute approximate surface area is 161 Å². The molecule has 25 heavy (non-hydrogen) atoms. The Morgan fingerprint density at radius 2 is 1.56 bits per heavy atom. The van der Waals surface area contributed by atoms with Gasteiger partial charge in [0.1, 0.15) is 12.4 Å². The number of hydrogen-bond acceptors (Lipinski definition) is 2. The van der Waals surface area contributed by atoms with Crippen molar-refractivity contribution in [2.75, 3.05) is 0 Å². The number of ether oxygens (including phenoxy) is 1. The molecule has 0 amide bonds. The van der Waals surface area contributed by atoms with Crippen molar-refractivity contribution in [2.45, 2.75) is 19.7 Å². The summed E-state index contributed by atoms with van der Waals surface area (Å²) < 4.78 is 7.05. The number of hydrogen-bond donors (Lipinski definition) is 1. The Kier molecular flexibility index (Phi) is 6.51. The van der Waals surface area contributed by atoms with E-state index in [1.54, 1.807) is 0 Å². The molecule has 4 heteroatoms. The Morgan fingerprint density at radius 1 is 0.840 bits per heavy atom. The lowest BCUT2D eigenvalue weighted by atomic mass is 10.1. The van der Waals surface area contributed by atoms with Crippen molar-refractivity contribution in [3.63, 3.8) is 0 Å². The summed E-state index contributed by atoms with van der Waals surface area (Å²) in [4.78, 5) is 0. The van der Waals surface area contributed by atoms with Crippen LogP contribution in [-0.4, -0.2) is 0 Å². The van der Waals surface area contributed by atoms with E-state index in [4.69, 9.17) is 16.3 Å². The molecule has 0 spiro atoms. The van der Waals surface area contributed by atoms with Gasteiger partial charge in [-0.05, 0) is 35.4 Å². The molecule has 128 valence electrons. The maximum atomic E-state index is 6.21. The van der Waals surface area contributed by atoms with E-state index in [0.29, 0.717) is 19.7 Å². The molecule has 3 aromatic carbocycles. The van der Waals surface area contributed by atoms with E-state index in [0.717, 1.165) is 31.9 Å². The van der Waals surface area contributed by atoms with E-state index in [-0.39, 0.29) is 0 Å². The molecule has 0 aromatic heterocycles. The van der Waals surface area contributed by atoms with Gasteiger partial charge in [0, 0.05) is 28.1 Å². The SMILES string of the molecule is Clc1ccccc1CNCc1cc(Br)ccc1OCc1ccccc1. The molecule has 0 atom stereocenters. The minimum absolute atomic E-state index is 0.556. The van der Waals surface area contributed by atoms with Gasteiger partial charge in [-0.1, -0.05) is 76.1 Å². The van der Waals surface area contributed by atoms with Crippen LogP contribution < -0.4 is 10.1 Å². The summed E-state index contributed by atoms with van der Waals surface area (Å²) in [6.07, 6.45) is 0. The molecule has 0 saturated carbocycles. The van der Waals surface area contributed by atoms with Crippen molar-refractivity contribution in [1.82, 2.24) is 5.32 Å². The van der Waals surface area contributed by atoms with Crippen molar-refractivity contribution in [2.24, 2.45) is 0 Å². The fourth-order valence-electron chi connectivity index (χ4n) is 2.54. The van der Waals surface area contributed by atoms with E-state index < -0.39 is 0 Å². The quantitative estimate of drug-likeness (QED) is 0.512. The lowest BCUT2D eigenvalue weighted by Gasteiger charge is -2.13. The van der Waals surface area contributed by atoms with Crippen molar-refractivity contribution >= 4 is 27.5 Å². The Balaban J connectivity index is 1.64. The van der Waals surface area contributed by atoms with E-state index >= 15 is 0 Å². The van der Waals surface area contributed by atoms with Crippen LogP contribution in [0.1, 0.15) is 16.7 Å².